The molecule has 0 bridgehead atoms. The Balaban J connectivity index is 0.00000484. The number of aromatic nitrogens is 1. The Morgan fingerprint density at radius 1 is 1.35 bits per heavy atom. The molecule has 1 amide bonds. The molecule has 0 aromatic carbocycles. The first-order valence-electron chi connectivity index (χ1n) is 7.41. The van der Waals surface area contributed by atoms with E-state index in [-0.39, 0.29) is 41.8 Å². The van der Waals surface area contributed by atoms with Gasteiger partial charge in [0.1, 0.15) is 12.3 Å². The lowest BCUT2D eigenvalue weighted by Gasteiger charge is -2.13. The number of likely N-dealkylation sites (N-methyl/N-ethyl adjacent to an activating group) is 1. The molecule has 1 rings (SSSR count). The summed E-state index contributed by atoms with van der Waals surface area (Å²) in [6.07, 6.45) is 1.75. The first kappa shape index (κ1) is 21.7. The van der Waals surface area contributed by atoms with Crippen LogP contribution >= 0.6 is 24.0 Å². The van der Waals surface area contributed by atoms with Crippen molar-refractivity contribution < 1.29 is 9.21 Å². The zero-order valence-electron chi connectivity index (χ0n) is 14.8. The molecule has 0 saturated carbocycles. The number of amides is 1. The van der Waals surface area contributed by atoms with Crippen molar-refractivity contribution in [1.29, 1.82) is 0 Å². The number of halogens is 1. The molecular weight excluding hydrogens is 409 g/mol. The van der Waals surface area contributed by atoms with Crippen LogP contribution in [-0.4, -0.2) is 48.9 Å². The van der Waals surface area contributed by atoms with Gasteiger partial charge >= 0.3 is 0 Å². The molecule has 23 heavy (non-hydrogen) atoms. The predicted octanol–water partition coefficient (Wildman–Crippen LogP) is 1.73. The fourth-order valence-corrected chi connectivity index (χ4v) is 1.53. The average Bonchev–Trinajstić information content (AvgIpc) is 2.90. The normalized spacial score (nSPS) is 11.7. The molecule has 0 atom stereocenters. The maximum Gasteiger partial charge on any atom is 0.243 e. The van der Waals surface area contributed by atoms with Crippen molar-refractivity contribution in [3.63, 3.8) is 0 Å². The molecule has 132 valence electrons. The van der Waals surface area contributed by atoms with Crippen molar-refractivity contribution in [2.45, 2.75) is 39.7 Å². The van der Waals surface area contributed by atoms with Crippen LogP contribution in [0.15, 0.2) is 15.6 Å². The van der Waals surface area contributed by atoms with Crippen LogP contribution in [-0.2, 0) is 16.8 Å². The summed E-state index contributed by atoms with van der Waals surface area (Å²) in [7, 11) is 3.41. The number of hydrogen-bond donors (Lipinski definition) is 2. The largest absolute Gasteiger partial charge is 0.443 e. The summed E-state index contributed by atoms with van der Waals surface area (Å²) in [4.78, 5) is 21.6. The number of carbonyl (C=O) groups is 1. The zero-order valence-corrected chi connectivity index (χ0v) is 17.1. The van der Waals surface area contributed by atoms with Crippen molar-refractivity contribution in [3.05, 3.63) is 17.8 Å². The summed E-state index contributed by atoms with van der Waals surface area (Å²) in [6, 6.07) is 0. The molecule has 0 saturated heterocycles. The first-order chi connectivity index (χ1) is 10.2. The monoisotopic (exact) mass is 437 g/mol. The SMILES string of the molecule is CCNC(=NCC(=O)N(C)C)NCc1ncc(C(C)(C)C)o1.I. The van der Waals surface area contributed by atoms with Crippen LogP contribution in [0.5, 0.6) is 0 Å². The van der Waals surface area contributed by atoms with Crippen molar-refractivity contribution in [2.75, 3.05) is 27.2 Å². The Labute approximate surface area is 155 Å². The van der Waals surface area contributed by atoms with Gasteiger partial charge in [-0.15, -0.1) is 24.0 Å². The van der Waals surface area contributed by atoms with E-state index < -0.39 is 0 Å². The number of aliphatic imine (C=N–C) groups is 1. The molecule has 0 aliphatic heterocycles. The lowest BCUT2D eigenvalue weighted by atomic mass is 9.94. The Morgan fingerprint density at radius 2 is 2.00 bits per heavy atom. The number of carbonyl (C=O) groups excluding carboxylic acids is 1. The summed E-state index contributed by atoms with van der Waals surface area (Å²) >= 11 is 0. The van der Waals surface area contributed by atoms with Crippen molar-refractivity contribution in [1.82, 2.24) is 20.5 Å². The van der Waals surface area contributed by atoms with Crippen molar-refractivity contribution in [2.24, 2.45) is 4.99 Å². The molecule has 1 aromatic rings. The average molecular weight is 437 g/mol. The van der Waals surface area contributed by atoms with Crippen LogP contribution in [0, 0.1) is 0 Å². The van der Waals surface area contributed by atoms with Gasteiger partial charge in [0.15, 0.2) is 5.96 Å². The third kappa shape index (κ3) is 7.67. The Bertz CT molecular complexity index is 520. The van der Waals surface area contributed by atoms with E-state index in [9.17, 15) is 4.79 Å². The van der Waals surface area contributed by atoms with E-state index >= 15 is 0 Å². The zero-order chi connectivity index (χ0) is 16.8. The van der Waals surface area contributed by atoms with Gasteiger partial charge in [-0.25, -0.2) is 9.98 Å². The Hall–Kier alpha value is -1.32. The minimum atomic E-state index is -0.0675. The van der Waals surface area contributed by atoms with Crippen LogP contribution in [0.3, 0.4) is 0 Å². The second-order valence-electron chi connectivity index (χ2n) is 6.21. The minimum absolute atomic E-state index is 0. The van der Waals surface area contributed by atoms with E-state index in [0.29, 0.717) is 24.9 Å². The summed E-state index contributed by atoms with van der Waals surface area (Å²) in [5, 5.41) is 6.19. The van der Waals surface area contributed by atoms with Crippen LogP contribution in [0.2, 0.25) is 0 Å². The number of nitrogens with one attached hydrogen (secondary N) is 2. The summed E-state index contributed by atoms with van der Waals surface area (Å²) in [5.41, 5.74) is -0.0675. The quantitative estimate of drug-likeness (QED) is 0.417. The van der Waals surface area contributed by atoms with E-state index in [1.165, 1.54) is 4.90 Å². The molecule has 1 heterocycles. The van der Waals surface area contributed by atoms with Crippen LogP contribution < -0.4 is 10.6 Å². The molecule has 0 aliphatic rings. The maximum atomic E-state index is 11.6. The molecule has 0 unspecified atom stereocenters. The topological polar surface area (TPSA) is 82.8 Å². The van der Waals surface area contributed by atoms with Gasteiger partial charge in [0.05, 0.1) is 12.7 Å². The van der Waals surface area contributed by atoms with Gasteiger partial charge in [-0.1, -0.05) is 20.8 Å². The number of nitrogens with zero attached hydrogens (tertiary/aromatic N) is 3. The molecule has 8 heteroatoms. The Kier molecular flexibility index (Phi) is 9.18. The number of oxazole rings is 1. The van der Waals surface area contributed by atoms with Gasteiger partial charge in [-0.3, -0.25) is 4.79 Å². The molecule has 0 aliphatic carbocycles. The van der Waals surface area contributed by atoms with Crippen molar-refractivity contribution in [3.8, 4) is 0 Å². The lowest BCUT2D eigenvalue weighted by molar-refractivity contribution is -0.127. The number of rotatable bonds is 5. The van der Waals surface area contributed by atoms with Gasteiger partial charge in [0.2, 0.25) is 11.8 Å². The fourth-order valence-electron chi connectivity index (χ4n) is 1.53. The highest BCUT2D eigenvalue weighted by atomic mass is 127. The molecule has 0 fully saturated rings. The van der Waals surface area contributed by atoms with Crippen LogP contribution in [0.25, 0.3) is 0 Å². The molecule has 2 N–H and O–H groups in total. The van der Waals surface area contributed by atoms with E-state index in [2.05, 4.69) is 41.4 Å². The molecule has 1 aromatic heterocycles. The van der Waals surface area contributed by atoms with E-state index in [4.69, 9.17) is 4.42 Å². The molecule has 0 spiro atoms. The fraction of sp³-hybridized carbons (Fsp3) is 0.667. The summed E-state index contributed by atoms with van der Waals surface area (Å²) in [5.74, 6) is 1.94. The van der Waals surface area contributed by atoms with Crippen molar-refractivity contribution >= 4 is 35.8 Å². The highest BCUT2D eigenvalue weighted by Gasteiger charge is 2.19. The first-order valence-corrected chi connectivity index (χ1v) is 7.41. The highest BCUT2D eigenvalue weighted by Crippen LogP contribution is 2.22. The summed E-state index contributed by atoms with van der Waals surface area (Å²) < 4.78 is 5.71. The maximum absolute atomic E-state index is 11.6. The van der Waals surface area contributed by atoms with Gasteiger partial charge in [0, 0.05) is 26.1 Å². The van der Waals surface area contributed by atoms with Gasteiger partial charge in [0.25, 0.3) is 0 Å². The lowest BCUT2D eigenvalue weighted by Crippen LogP contribution is -2.38. The second kappa shape index (κ2) is 9.74. The van der Waals surface area contributed by atoms with E-state index in [0.717, 1.165) is 5.76 Å². The third-order valence-corrected chi connectivity index (χ3v) is 2.92. The predicted molar refractivity (Wildman–Crippen MR) is 102 cm³/mol. The van der Waals surface area contributed by atoms with E-state index in [1.54, 1.807) is 20.3 Å². The molecular formula is C15H28IN5O2. The van der Waals surface area contributed by atoms with Gasteiger partial charge < -0.3 is 20.0 Å². The Morgan fingerprint density at radius 3 is 2.48 bits per heavy atom. The van der Waals surface area contributed by atoms with Crippen LogP contribution in [0.4, 0.5) is 0 Å². The molecule has 7 nitrogen and oxygen atoms in total. The van der Waals surface area contributed by atoms with Gasteiger partial charge in [-0.2, -0.15) is 0 Å². The second-order valence-corrected chi connectivity index (χ2v) is 6.21. The van der Waals surface area contributed by atoms with E-state index in [1.807, 2.05) is 6.92 Å². The number of hydrogen-bond acceptors (Lipinski definition) is 4. The minimum Gasteiger partial charge on any atom is -0.443 e. The highest BCUT2D eigenvalue weighted by molar-refractivity contribution is 14.0. The van der Waals surface area contributed by atoms with Crippen LogP contribution in [0.1, 0.15) is 39.3 Å². The molecule has 0 radical (unpaired) electrons. The third-order valence-electron chi connectivity index (χ3n) is 2.92. The number of guanidine groups is 1. The standard InChI is InChI=1S/C15H27N5O2.HI/c1-7-16-14(19-10-13(21)20(5)6)18-9-12-17-8-11(22-12)15(2,3)4;/h8H,7,9-10H2,1-6H3,(H2,16,18,19);1H. The summed E-state index contributed by atoms with van der Waals surface area (Å²) in [6.45, 7) is 9.41. The smallest absolute Gasteiger partial charge is 0.243 e. The van der Waals surface area contributed by atoms with Gasteiger partial charge in [-0.05, 0) is 6.92 Å².